The fraction of sp³-hybridized carbons (Fsp3) is 0.714. The summed E-state index contributed by atoms with van der Waals surface area (Å²) in [5.74, 6) is 3.00. The molecule has 0 amide bonds. The number of hydrogen-bond acceptors (Lipinski definition) is 4. The van der Waals surface area contributed by atoms with E-state index in [1.54, 1.807) is 11.3 Å². The van der Waals surface area contributed by atoms with Crippen molar-refractivity contribution in [2.24, 2.45) is 11.7 Å². The first-order chi connectivity index (χ1) is 9.60. The Morgan fingerprint density at radius 3 is 2.75 bits per heavy atom. The monoisotopic (exact) mass is 439 g/mol. The molecule has 0 aromatic carbocycles. The van der Waals surface area contributed by atoms with Gasteiger partial charge >= 0.3 is 0 Å². The third kappa shape index (κ3) is 3.30. The van der Waals surface area contributed by atoms with Crippen molar-refractivity contribution in [3.63, 3.8) is 0 Å². The van der Waals surface area contributed by atoms with Gasteiger partial charge in [0.2, 0.25) is 0 Å². The van der Waals surface area contributed by atoms with Crippen molar-refractivity contribution in [3.8, 4) is 0 Å². The second-order valence-electron chi connectivity index (χ2n) is 5.70. The molecule has 2 atom stereocenters. The third-order valence-corrected chi connectivity index (χ3v) is 7.86. The predicted octanol–water partition coefficient (Wildman–Crippen LogP) is 4.97. The number of hydrogen-bond donors (Lipinski definition) is 1. The standard InChI is InChI=1S/C14H19Br2NOS2/c15-11-7-10(13(16)20-11)12(17)9-1-4-18-14(8-9)2-5-19-6-3-14/h7,9,12H,1-6,8,17H2. The maximum Gasteiger partial charge on any atom is 0.0758 e. The predicted molar refractivity (Wildman–Crippen MR) is 94.6 cm³/mol. The van der Waals surface area contributed by atoms with Crippen LogP contribution in [0.3, 0.4) is 0 Å². The Hall–Kier alpha value is 0.930. The van der Waals surface area contributed by atoms with Gasteiger partial charge in [0.1, 0.15) is 0 Å². The molecule has 0 bridgehead atoms. The number of ether oxygens (including phenoxy) is 1. The van der Waals surface area contributed by atoms with Crippen LogP contribution in [0, 0.1) is 5.92 Å². The first kappa shape index (κ1) is 15.8. The Bertz CT molecular complexity index is 468. The number of thiophene rings is 1. The van der Waals surface area contributed by atoms with Gasteiger partial charge in [0, 0.05) is 12.6 Å². The highest BCUT2D eigenvalue weighted by Crippen LogP contribution is 2.45. The van der Waals surface area contributed by atoms with Crippen molar-refractivity contribution in [3.05, 3.63) is 19.2 Å². The Kier molecular flexibility index (Phi) is 5.21. The van der Waals surface area contributed by atoms with Gasteiger partial charge in [-0.25, -0.2) is 0 Å². The summed E-state index contributed by atoms with van der Waals surface area (Å²) in [5, 5.41) is 0. The molecular weight excluding hydrogens is 422 g/mol. The third-order valence-electron chi connectivity index (χ3n) is 4.49. The lowest BCUT2D eigenvalue weighted by Gasteiger charge is -2.44. The minimum Gasteiger partial charge on any atom is -0.375 e. The number of thioether (sulfide) groups is 1. The normalized spacial score (nSPS) is 27.6. The molecule has 2 aliphatic heterocycles. The molecule has 3 heterocycles. The van der Waals surface area contributed by atoms with E-state index in [4.69, 9.17) is 10.5 Å². The van der Waals surface area contributed by atoms with E-state index < -0.39 is 0 Å². The molecule has 0 radical (unpaired) electrons. The highest BCUT2D eigenvalue weighted by atomic mass is 79.9. The zero-order valence-corrected chi connectivity index (χ0v) is 16.0. The van der Waals surface area contributed by atoms with E-state index in [9.17, 15) is 0 Å². The first-order valence-corrected chi connectivity index (χ1v) is 10.6. The van der Waals surface area contributed by atoms with Crippen LogP contribution in [0.15, 0.2) is 13.6 Å². The van der Waals surface area contributed by atoms with Crippen molar-refractivity contribution in [2.75, 3.05) is 18.1 Å². The second kappa shape index (κ2) is 6.59. The van der Waals surface area contributed by atoms with Gasteiger partial charge in [-0.1, -0.05) is 0 Å². The summed E-state index contributed by atoms with van der Waals surface area (Å²) in [7, 11) is 0. The molecule has 2 fully saturated rings. The van der Waals surface area contributed by atoms with Crippen molar-refractivity contribution in [1.82, 2.24) is 0 Å². The Balaban J connectivity index is 1.74. The zero-order chi connectivity index (χ0) is 14.2. The Morgan fingerprint density at radius 2 is 2.10 bits per heavy atom. The van der Waals surface area contributed by atoms with Gasteiger partial charge < -0.3 is 10.5 Å². The fourth-order valence-corrected chi connectivity index (χ4v) is 7.49. The van der Waals surface area contributed by atoms with Gasteiger partial charge in [0.25, 0.3) is 0 Å². The van der Waals surface area contributed by atoms with Crippen LogP contribution in [0.25, 0.3) is 0 Å². The lowest BCUT2D eigenvalue weighted by molar-refractivity contribution is -0.105. The summed E-state index contributed by atoms with van der Waals surface area (Å²) >= 11 is 11.0. The van der Waals surface area contributed by atoms with E-state index in [2.05, 4.69) is 49.7 Å². The molecule has 2 aliphatic rings. The molecular formula is C14H19Br2NOS2. The average molecular weight is 441 g/mol. The highest BCUT2D eigenvalue weighted by Gasteiger charge is 2.41. The maximum atomic E-state index is 6.57. The van der Waals surface area contributed by atoms with Crippen molar-refractivity contribution >= 4 is 55.0 Å². The Labute approximate surface area is 145 Å². The molecule has 2 N–H and O–H groups in total. The topological polar surface area (TPSA) is 35.2 Å². The Morgan fingerprint density at radius 1 is 1.35 bits per heavy atom. The summed E-state index contributed by atoms with van der Waals surface area (Å²) in [5.41, 5.74) is 7.93. The van der Waals surface area contributed by atoms with Gasteiger partial charge in [-0.3, -0.25) is 0 Å². The van der Waals surface area contributed by atoms with Gasteiger partial charge in [-0.15, -0.1) is 11.3 Å². The minimum absolute atomic E-state index is 0.113. The van der Waals surface area contributed by atoms with Crippen LogP contribution >= 0.6 is 55.0 Å². The van der Waals surface area contributed by atoms with Gasteiger partial charge in [0.15, 0.2) is 0 Å². The molecule has 3 rings (SSSR count). The van der Waals surface area contributed by atoms with Crippen molar-refractivity contribution in [2.45, 2.75) is 37.3 Å². The number of nitrogens with two attached hydrogens (primary N) is 1. The van der Waals surface area contributed by atoms with Gasteiger partial charge in [-0.2, -0.15) is 11.8 Å². The molecule has 2 nitrogen and oxygen atoms in total. The molecule has 0 aliphatic carbocycles. The smallest absolute Gasteiger partial charge is 0.0758 e. The summed E-state index contributed by atoms with van der Waals surface area (Å²) in [6.07, 6.45) is 4.58. The molecule has 6 heteroatoms. The summed E-state index contributed by atoms with van der Waals surface area (Å²) < 4.78 is 8.48. The van der Waals surface area contributed by atoms with Crippen LogP contribution in [0.1, 0.15) is 37.3 Å². The molecule has 2 unspecified atom stereocenters. The zero-order valence-electron chi connectivity index (χ0n) is 11.2. The van der Waals surface area contributed by atoms with Crippen LogP contribution in [0.4, 0.5) is 0 Å². The summed E-state index contributed by atoms with van der Waals surface area (Å²) in [6.45, 7) is 0.867. The van der Waals surface area contributed by atoms with Crippen molar-refractivity contribution in [1.29, 1.82) is 0 Å². The van der Waals surface area contributed by atoms with E-state index in [0.717, 1.165) is 27.0 Å². The molecule has 112 valence electrons. The SMILES string of the molecule is NC(c1cc(Br)sc1Br)C1CCOC2(CCSCC2)C1. The van der Waals surface area contributed by atoms with Gasteiger partial charge in [0.05, 0.1) is 13.2 Å². The summed E-state index contributed by atoms with van der Waals surface area (Å²) in [4.78, 5) is 0. The first-order valence-electron chi connectivity index (χ1n) is 7.02. The lowest BCUT2D eigenvalue weighted by atomic mass is 9.77. The molecule has 2 saturated heterocycles. The largest absolute Gasteiger partial charge is 0.375 e. The molecule has 1 spiro atoms. The van der Waals surface area contributed by atoms with E-state index >= 15 is 0 Å². The van der Waals surface area contributed by atoms with Gasteiger partial charge in [-0.05, 0) is 86.6 Å². The van der Waals surface area contributed by atoms with Crippen LogP contribution in [0.2, 0.25) is 0 Å². The van der Waals surface area contributed by atoms with Crippen LogP contribution in [-0.4, -0.2) is 23.7 Å². The molecule has 0 saturated carbocycles. The average Bonchev–Trinajstić information content (AvgIpc) is 2.78. The molecule has 20 heavy (non-hydrogen) atoms. The molecule has 1 aromatic heterocycles. The fourth-order valence-electron chi connectivity index (χ4n) is 3.30. The van der Waals surface area contributed by atoms with Crippen LogP contribution < -0.4 is 5.73 Å². The quantitative estimate of drug-likeness (QED) is 0.705. The number of rotatable bonds is 2. The summed E-state index contributed by atoms with van der Waals surface area (Å²) in [6, 6.07) is 2.28. The maximum absolute atomic E-state index is 6.57. The van der Waals surface area contributed by atoms with Crippen LogP contribution in [-0.2, 0) is 4.74 Å². The number of halogens is 2. The van der Waals surface area contributed by atoms with Crippen molar-refractivity contribution < 1.29 is 4.74 Å². The second-order valence-corrected chi connectivity index (χ2v) is 10.7. The minimum atomic E-state index is 0.113. The molecule has 1 aromatic rings. The van der Waals surface area contributed by atoms with Crippen LogP contribution in [0.5, 0.6) is 0 Å². The van der Waals surface area contributed by atoms with E-state index in [-0.39, 0.29) is 11.6 Å². The highest BCUT2D eigenvalue weighted by molar-refractivity contribution is 9.12. The van der Waals surface area contributed by atoms with E-state index in [1.165, 1.54) is 29.9 Å². The van der Waals surface area contributed by atoms with E-state index in [1.807, 2.05) is 0 Å². The lowest BCUT2D eigenvalue weighted by Crippen LogP contribution is -2.45. The van der Waals surface area contributed by atoms with E-state index in [0.29, 0.717) is 5.92 Å².